The minimum Gasteiger partial charge on any atom is -0.457 e. The third-order valence-electron chi connectivity index (χ3n) is 4.58. The standard InChI is InChI=1S/C13H17FO3/c1-7(14)12(16)17-13-4-8-2-9(5-13)11(15)10(3-8)6-13/h7-10H,2-6H2,1H3. The van der Waals surface area contributed by atoms with Crippen LogP contribution in [0.5, 0.6) is 0 Å². The van der Waals surface area contributed by atoms with Gasteiger partial charge in [0, 0.05) is 11.8 Å². The number of rotatable bonds is 2. The summed E-state index contributed by atoms with van der Waals surface area (Å²) in [5.41, 5.74) is -0.526. The van der Waals surface area contributed by atoms with Gasteiger partial charge in [-0.2, -0.15) is 0 Å². The van der Waals surface area contributed by atoms with Gasteiger partial charge in [0.2, 0.25) is 0 Å². The lowest BCUT2D eigenvalue weighted by Gasteiger charge is -2.54. The molecule has 94 valence electrons. The van der Waals surface area contributed by atoms with E-state index in [4.69, 9.17) is 4.74 Å². The number of alkyl halides is 1. The molecule has 3 nitrogen and oxygen atoms in total. The number of Topliss-reactive ketones (excluding diaryl/α,β-unsaturated/α-hetero) is 1. The van der Waals surface area contributed by atoms with E-state index in [0.29, 0.717) is 24.5 Å². The van der Waals surface area contributed by atoms with Crippen molar-refractivity contribution in [2.24, 2.45) is 17.8 Å². The molecule has 4 heteroatoms. The van der Waals surface area contributed by atoms with E-state index >= 15 is 0 Å². The minimum atomic E-state index is -1.57. The van der Waals surface area contributed by atoms with Gasteiger partial charge in [0.25, 0.3) is 0 Å². The number of hydrogen-bond donors (Lipinski definition) is 0. The molecule has 3 atom stereocenters. The topological polar surface area (TPSA) is 43.4 Å². The van der Waals surface area contributed by atoms with Gasteiger partial charge in [-0.05, 0) is 44.9 Å². The van der Waals surface area contributed by atoms with E-state index in [0.717, 1.165) is 19.3 Å². The molecule has 0 amide bonds. The predicted molar refractivity (Wildman–Crippen MR) is 58.0 cm³/mol. The fraction of sp³-hybridized carbons (Fsp3) is 0.846. The summed E-state index contributed by atoms with van der Waals surface area (Å²) in [6, 6.07) is 0. The van der Waals surface area contributed by atoms with Crippen LogP contribution in [-0.4, -0.2) is 23.5 Å². The molecule has 0 saturated heterocycles. The predicted octanol–water partition coefficient (Wildman–Crippen LogP) is 2.04. The smallest absolute Gasteiger partial charge is 0.340 e. The second kappa shape index (κ2) is 3.53. The fourth-order valence-corrected chi connectivity index (χ4v) is 4.09. The number of carbonyl (C=O) groups is 2. The minimum absolute atomic E-state index is 0.0592. The van der Waals surface area contributed by atoms with Crippen molar-refractivity contribution in [1.29, 1.82) is 0 Å². The van der Waals surface area contributed by atoms with Crippen molar-refractivity contribution < 1.29 is 18.7 Å². The van der Waals surface area contributed by atoms with Crippen molar-refractivity contribution in [3.05, 3.63) is 0 Å². The number of carbonyl (C=O) groups excluding carboxylic acids is 2. The first-order valence-electron chi connectivity index (χ1n) is 6.40. The Kier molecular flexibility index (Phi) is 2.32. The number of ketones is 1. The molecule has 0 aromatic heterocycles. The summed E-state index contributed by atoms with van der Waals surface area (Å²) in [5.74, 6) is 0.196. The Labute approximate surface area is 99.7 Å². The van der Waals surface area contributed by atoms with Gasteiger partial charge >= 0.3 is 5.97 Å². The first-order valence-corrected chi connectivity index (χ1v) is 6.40. The van der Waals surface area contributed by atoms with Crippen LogP contribution < -0.4 is 0 Å². The van der Waals surface area contributed by atoms with E-state index in [1.165, 1.54) is 6.92 Å². The zero-order valence-corrected chi connectivity index (χ0v) is 9.95. The van der Waals surface area contributed by atoms with Crippen LogP contribution in [0.3, 0.4) is 0 Å². The van der Waals surface area contributed by atoms with Crippen LogP contribution in [0.2, 0.25) is 0 Å². The molecule has 0 aromatic rings. The van der Waals surface area contributed by atoms with Crippen molar-refractivity contribution in [2.75, 3.05) is 0 Å². The second-order valence-electron chi connectivity index (χ2n) is 5.97. The Morgan fingerprint density at radius 2 is 1.94 bits per heavy atom. The van der Waals surface area contributed by atoms with E-state index in [2.05, 4.69) is 0 Å². The SMILES string of the molecule is CC(F)C(=O)OC12CC3CC(C1)C(=O)C(C3)C2. The molecule has 4 aliphatic rings. The molecular weight excluding hydrogens is 223 g/mol. The van der Waals surface area contributed by atoms with Crippen LogP contribution in [0.15, 0.2) is 0 Å². The summed E-state index contributed by atoms with van der Waals surface area (Å²) in [7, 11) is 0. The summed E-state index contributed by atoms with van der Waals surface area (Å²) in [4.78, 5) is 23.3. The molecule has 0 radical (unpaired) electrons. The van der Waals surface area contributed by atoms with Gasteiger partial charge in [-0.15, -0.1) is 0 Å². The quantitative estimate of drug-likeness (QED) is 0.694. The molecular formula is C13H17FO3. The van der Waals surface area contributed by atoms with Gasteiger partial charge in [0.15, 0.2) is 6.17 Å². The molecule has 4 saturated carbocycles. The third kappa shape index (κ3) is 1.69. The normalized spacial score (nSPS) is 44.8. The van der Waals surface area contributed by atoms with E-state index in [1.807, 2.05) is 0 Å². The Hall–Kier alpha value is -0.930. The average molecular weight is 240 g/mol. The molecule has 0 aliphatic heterocycles. The molecule has 4 fully saturated rings. The zero-order valence-electron chi connectivity index (χ0n) is 9.95. The zero-order chi connectivity index (χ0) is 12.2. The van der Waals surface area contributed by atoms with Crippen molar-refractivity contribution in [1.82, 2.24) is 0 Å². The highest BCUT2D eigenvalue weighted by molar-refractivity contribution is 5.86. The van der Waals surface area contributed by atoms with Crippen molar-refractivity contribution >= 4 is 11.8 Å². The second-order valence-corrected chi connectivity index (χ2v) is 5.97. The van der Waals surface area contributed by atoms with Gasteiger partial charge in [-0.1, -0.05) is 0 Å². The van der Waals surface area contributed by atoms with Crippen molar-refractivity contribution in [3.8, 4) is 0 Å². The third-order valence-corrected chi connectivity index (χ3v) is 4.58. The van der Waals surface area contributed by atoms with Crippen LogP contribution in [0.4, 0.5) is 4.39 Å². The molecule has 0 aromatic carbocycles. The Bertz CT molecular complexity index is 359. The van der Waals surface area contributed by atoms with E-state index in [1.54, 1.807) is 0 Å². The van der Waals surface area contributed by atoms with Crippen LogP contribution in [0, 0.1) is 17.8 Å². The summed E-state index contributed by atoms with van der Waals surface area (Å²) in [5, 5.41) is 0. The van der Waals surface area contributed by atoms with Gasteiger partial charge in [-0.3, -0.25) is 4.79 Å². The Balaban J connectivity index is 1.80. The van der Waals surface area contributed by atoms with Crippen molar-refractivity contribution in [3.63, 3.8) is 0 Å². The summed E-state index contributed by atoms with van der Waals surface area (Å²) in [6.07, 6.45) is 2.39. The van der Waals surface area contributed by atoms with Crippen LogP contribution in [0.1, 0.15) is 39.0 Å². The summed E-state index contributed by atoms with van der Waals surface area (Å²) in [6.45, 7) is 1.20. The Morgan fingerprint density at radius 3 is 2.47 bits per heavy atom. The van der Waals surface area contributed by atoms with Gasteiger partial charge in [0.1, 0.15) is 11.4 Å². The van der Waals surface area contributed by atoms with Crippen LogP contribution in [-0.2, 0) is 14.3 Å². The molecule has 0 N–H and O–H groups in total. The number of halogens is 1. The van der Waals surface area contributed by atoms with Gasteiger partial charge < -0.3 is 4.74 Å². The van der Waals surface area contributed by atoms with E-state index in [-0.39, 0.29) is 11.8 Å². The lowest BCUT2D eigenvalue weighted by Crippen LogP contribution is -2.57. The lowest BCUT2D eigenvalue weighted by molar-refractivity contribution is -0.193. The summed E-state index contributed by atoms with van der Waals surface area (Å²) >= 11 is 0. The molecule has 0 spiro atoms. The highest BCUT2D eigenvalue weighted by atomic mass is 19.1. The highest BCUT2D eigenvalue weighted by Gasteiger charge is 2.57. The summed E-state index contributed by atoms with van der Waals surface area (Å²) < 4.78 is 18.3. The maximum Gasteiger partial charge on any atom is 0.340 e. The lowest BCUT2D eigenvalue weighted by atomic mass is 9.53. The van der Waals surface area contributed by atoms with Gasteiger partial charge in [-0.25, -0.2) is 9.18 Å². The maximum absolute atomic E-state index is 12.9. The average Bonchev–Trinajstić information content (AvgIpc) is 2.23. The molecule has 4 bridgehead atoms. The highest BCUT2D eigenvalue weighted by Crippen LogP contribution is 2.55. The molecule has 4 rings (SSSR count). The Morgan fingerprint density at radius 1 is 1.35 bits per heavy atom. The number of esters is 1. The monoisotopic (exact) mass is 240 g/mol. The molecule has 4 aliphatic carbocycles. The maximum atomic E-state index is 12.9. The van der Waals surface area contributed by atoms with Crippen molar-refractivity contribution in [2.45, 2.75) is 50.8 Å². The largest absolute Gasteiger partial charge is 0.457 e. The van der Waals surface area contributed by atoms with E-state index < -0.39 is 17.7 Å². The first-order chi connectivity index (χ1) is 7.99. The van der Waals surface area contributed by atoms with Crippen LogP contribution >= 0.6 is 0 Å². The fourth-order valence-electron chi connectivity index (χ4n) is 4.09. The number of ether oxygens (including phenoxy) is 1. The number of hydrogen-bond acceptors (Lipinski definition) is 3. The first kappa shape index (κ1) is 11.2. The molecule has 0 heterocycles. The molecule has 3 unspecified atom stereocenters. The van der Waals surface area contributed by atoms with E-state index in [9.17, 15) is 14.0 Å². The van der Waals surface area contributed by atoms with Crippen LogP contribution in [0.25, 0.3) is 0 Å². The molecule has 17 heavy (non-hydrogen) atoms. The van der Waals surface area contributed by atoms with Gasteiger partial charge in [0.05, 0.1) is 0 Å².